The number of nitrogens with zero attached hydrogens (tertiary/aromatic N) is 2. The quantitative estimate of drug-likeness (QED) is 0.409. The minimum Gasteiger partial charge on any atom is -0.497 e. The Kier molecular flexibility index (Phi) is 6.05. The van der Waals surface area contributed by atoms with Gasteiger partial charge in [0, 0.05) is 41.1 Å². The Balaban J connectivity index is 1.19. The minimum atomic E-state index is 0.0794. The molecule has 0 aliphatic carbocycles. The lowest BCUT2D eigenvalue weighted by Gasteiger charge is -2.32. The van der Waals surface area contributed by atoms with E-state index in [-0.39, 0.29) is 5.91 Å². The zero-order valence-electron chi connectivity index (χ0n) is 18.8. The molecule has 1 amide bonds. The highest BCUT2D eigenvalue weighted by atomic mass is 32.1. The van der Waals surface area contributed by atoms with Gasteiger partial charge in [-0.25, -0.2) is 4.98 Å². The third-order valence-corrected chi connectivity index (χ3v) is 7.12. The molecule has 6 nitrogen and oxygen atoms in total. The third-order valence-electron chi connectivity index (χ3n) is 6.30. The Morgan fingerprint density at radius 2 is 1.91 bits per heavy atom. The highest BCUT2D eigenvalue weighted by molar-refractivity contribution is 7.09. The number of benzene rings is 2. The van der Waals surface area contributed by atoms with E-state index in [2.05, 4.69) is 28.3 Å². The summed E-state index contributed by atoms with van der Waals surface area (Å²) in [5, 5.41) is 4.24. The van der Waals surface area contributed by atoms with E-state index >= 15 is 0 Å². The van der Waals surface area contributed by atoms with Crippen molar-refractivity contribution in [1.29, 1.82) is 0 Å². The first-order valence-electron chi connectivity index (χ1n) is 11.2. The summed E-state index contributed by atoms with van der Waals surface area (Å²) in [5.74, 6) is 2.12. The largest absolute Gasteiger partial charge is 0.497 e. The van der Waals surface area contributed by atoms with Crippen molar-refractivity contribution in [1.82, 2.24) is 14.9 Å². The second kappa shape index (κ2) is 9.27. The lowest BCUT2D eigenvalue weighted by atomic mass is 9.89. The number of thiazole rings is 1. The van der Waals surface area contributed by atoms with Crippen molar-refractivity contribution in [2.75, 3.05) is 20.2 Å². The van der Waals surface area contributed by atoms with Gasteiger partial charge in [0.2, 0.25) is 0 Å². The predicted octanol–water partition coefficient (Wildman–Crippen LogP) is 5.54. The second-order valence-electron chi connectivity index (χ2n) is 8.39. The van der Waals surface area contributed by atoms with Gasteiger partial charge in [0.1, 0.15) is 18.1 Å². The van der Waals surface area contributed by atoms with Gasteiger partial charge in [0.05, 0.1) is 17.8 Å². The van der Waals surface area contributed by atoms with Crippen LogP contribution in [-0.2, 0) is 6.61 Å². The van der Waals surface area contributed by atoms with E-state index in [0.717, 1.165) is 53.6 Å². The number of ether oxygens (including phenoxy) is 2. The number of carbonyl (C=O) groups is 1. The summed E-state index contributed by atoms with van der Waals surface area (Å²) < 4.78 is 11.2. The number of aromatic nitrogens is 2. The Morgan fingerprint density at radius 3 is 2.61 bits per heavy atom. The van der Waals surface area contributed by atoms with Gasteiger partial charge in [-0.2, -0.15) is 0 Å². The van der Waals surface area contributed by atoms with E-state index in [0.29, 0.717) is 18.1 Å². The second-order valence-corrected chi connectivity index (χ2v) is 9.46. The van der Waals surface area contributed by atoms with Gasteiger partial charge >= 0.3 is 0 Å². The fourth-order valence-electron chi connectivity index (χ4n) is 4.49. The molecule has 1 saturated heterocycles. The molecule has 3 heterocycles. The molecule has 7 heteroatoms. The number of hydrogen-bond acceptors (Lipinski definition) is 5. The number of aromatic amines is 1. The molecule has 2 aromatic heterocycles. The zero-order valence-corrected chi connectivity index (χ0v) is 19.7. The van der Waals surface area contributed by atoms with Crippen LogP contribution in [0.1, 0.15) is 45.4 Å². The number of methoxy groups -OCH3 is 1. The summed E-state index contributed by atoms with van der Waals surface area (Å²) in [5.41, 5.74) is 4.06. The van der Waals surface area contributed by atoms with Crippen LogP contribution in [0.2, 0.25) is 0 Å². The number of carbonyl (C=O) groups excluding carboxylic acids is 1. The van der Waals surface area contributed by atoms with Crippen LogP contribution < -0.4 is 9.47 Å². The Labute approximate surface area is 197 Å². The van der Waals surface area contributed by atoms with Crippen molar-refractivity contribution < 1.29 is 14.3 Å². The van der Waals surface area contributed by atoms with E-state index in [1.807, 2.05) is 47.5 Å². The van der Waals surface area contributed by atoms with Crippen LogP contribution in [0, 0.1) is 6.92 Å². The van der Waals surface area contributed by atoms with Crippen molar-refractivity contribution in [2.45, 2.75) is 32.3 Å². The van der Waals surface area contributed by atoms with Gasteiger partial charge in [0.15, 0.2) is 0 Å². The van der Waals surface area contributed by atoms with Crippen LogP contribution in [-0.4, -0.2) is 41.0 Å². The zero-order chi connectivity index (χ0) is 22.8. The van der Waals surface area contributed by atoms with Gasteiger partial charge in [-0.3, -0.25) is 4.79 Å². The number of amides is 1. The highest BCUT2D eigenvalue weighted by Crippen LogP contribution is 2.35. The average molecular weight is 462 g/mol. The van der Waals surface area contributed by atoms with Gasteiger partial charge in [-0.1, -0.05) is 0 Å². The molecular weight excluding hydrogens is 434 g/mol. The molecule has 4 aromatic rings. The molecule has 1 N–H and O–H groups in total. The number of rotatable bonds is 6. The van der Waals surface area contributed by atoms with Crippen LogP contribution in [0.5, 0.6) is 11.5 Å². The summed E-state index contributed by atoms with van der Waals surface area (Å²) in [6, 6.07) is 13.5. The maximum Gasteiger partial charge on any atom is 0.253 e. The molecule has 170 valence electrons. The lowest BCUT2D eigenvalue weighted by molar-refractivity contribution is 0.0713. The topological polar surface area (TPSA) is 67.5 Å². The molecule has 0 unspecified atom stereocenters. The lowest BCUT2D eigenvalue weighted by Crippen LogP contribution is -2.37. The molecular formula is C26H27N3O3S. The van der Waals surface area contributed by atoms with Gasteiger partial charge in [0.25, 0.3) is 5.91 Å². The first-order chi connectivity index (χ1) is 16.1. The number of piperidine rings is 1. The first-order valence-corrected chi connectivity index (χ1v) is 12.1. The van der Waals surface area contributed by atoms with Gasteiger partial charge in [-0.15, -0.1) is 11.3 Å². The van der Waals surface area contributed by atoms with Crippen LogP contribution in [0.4, 0.5) is 0 Å². The molecule has 0 radical (unpaired) electrons. The molecule has 5 rings (SSSR count). The summed E-state index contributed by atoms with van der Waals surface area (Å²) >= 11 is 1.61. The molecule has 1 aliphatic rings. The first kappa shape index (κ1) is 21.5. The third kappa shape index (κ3) is 4.59. The number of fused-ring (bicyclic) bond motifs is 1. The van der Waals surface area contributed by atoms with Crippen LogP contribution in [0.3, 0.4) is 0 Å². The SMILES string of the molecule is COc1ccc2[nH]cc(C3CCN(C(=O)c4ccc(OCc5csc(C)n5)cc4)CC3)c2c1. The fraction of sp³-hybridized carbons (Fsp3) is 0.308. The highest BCUT2D eigenvalue weighted by Gasteiger charge is 2.26. The minimum absolute atomic E-state index is 0.0794. The molecule has 2 aromatic carbocycles. The van der Waals surface area contributed by atoms with E-state index < -0.39 is 0 Å². The molecule has 1 fully saturated rings. The molecule has 0 bridgehead atoms. The van der Waals surface area contributed by atoms with Crippen molar-refractivity contribution in [3.05, 3.63) is 75.9 Å². The summed E-state index contributed by atoms with van der Waals surface area (Å²) in [6.45, 7) is 3.92. The fourth-order valence-corrected chi connectivity index (χ4v) is 5.09. The summed E-state index contributed by atoms with van der Waals surface area (Å²) in [7, 11) is 1.69. The van der Waals surface area contributed by atoms with Crippen molar-refractivity contribution >= 4 is 28.1 Å². The predicted molar refractivity (Wildman–Crippen MR) is 130 cm³/mol. The Hall–Kier alpha value is -3.32. The molecule has 0 saturated carbocycles. The molecule has 33 heavy (non-hydrogen) atoms. The van der Waals surface area contributed by atoms with E-state index in [4.69, 9.17) is 9.47 Å². The number of nitrogens with one attached hydrogen (secondary N) is 1. The van der Waals surface area contributed by atoms with Crippen molar-refractivity contribution in [2.24, 2.45) is 0 Å². The maximum absolute atomic E-state index is 13.0. The van der Waals surface area contributed by atoms with Crippen molar-refractivity contribution in [3.8, 4) is 11.5 Å². The van der Waals surface area contributed by atoms with Crippen LogP contribution in [0.15, 0.2) is 54.0 Å². The number of aryl methyl sites for hydroxylation is 1. The molecule has 1 aliphatic heterocycles. The Morgan fingerprint density at radius 1 is 1.15 bits per heavy atom. The van der Waals surface area contributed by atoms with Crippen molar-refractivity contribution in [3.63, 3.8) is 0 Å². The van der Waals surface area contributed by atoms with E-state index in [9.17, 15) is 4.79 Å². The monoisotopic (exact) mass is 461 g/mol. The van der Waals surface area contributed by atoms with Crippen LogP contribution >= 0.6 is 11.3 Å². The van der Waals surface area contributed by atoms with E-state index in [1.165, 1.54) is 10.9 Å². The summed E-state index contributed by atoms with van der Waals surface area (Å²) in [6.07, 6.45) is 4.01. The number of hydrogen-bond donors (Lipinski definition) is 1. The molecule has 0 atom stereocenters. The number of likely N-dealkylation sites (tertiary alicyclic amines) is 1. The van der Waals surface area contributed by atoms with E-state index in [1.54, 1.807) is 18.4 Å². The number of H-pyrrole nitrogens is 1. The molecule has 0 spiro atoms. The standard InChI is InChI=1S/C26H27N3O3S/c1-17-28-20(16-33-17)15-32-21-5-3-19(4-6-21)26(30)29-11-9-18(10-12-29)24-14-27-25-8-7-22(31-2)13-23(24)25/h3-8,13-14,16,18,27H,9-12,15H2,1-2H3. The summed E-state index contributed by atoms with van der Waals surface area (Å²) in [4.78, 5) is 22.8. The normalized spacial score (nSPS) is 14.5. The average Bonchev–Trinajstić information content (AvgIpc) is 3.48. The smallest absolute Gasteiger partial charge is 0.253 e. The van der Waals surface area contributed by atoms with Gasteiger partial charge < -0.3 is 19.4 Å². The van der Waals surface area contributed by atoms with Gasteiger partial charge in [-0.05, 0) is 73.7 Å². The Bertz CT molecular complexity index is 1250. The van der Waals surface area contributed by atoms with Crippen LogP contribution in [0.25, 0.3) is 10.9 Å². The maximum atomic E-state index is 13.0.